The summed E-state index contributed by atoms with van der Waals surface area (Å²) in [6, 6.07) is 8.86. The molecule has 1 heterocycles. The lowest BCUT2D eigenvalue weighted by molar-refractivity contribution is -0.161. The Kier molecular flexibility index (Phi) is 6.91. The highest BCUT2D eigenvalue weighted by Crippen LogP contribution is 2.37. The van der Waals surface area contributed by atoms with Gasteiger partial charge in [-0.1, -0.05) is 41.9 Å². The molecule has 6 nitrogen and oxygen atoms in total. The minimum atomic E-state index is -5.32. The number of carbonyl (C=O) groups is 1. The summed E-state index contributed by atoms with van der Waals surface area (Å²) in [7, 11) is -5.21. The van der Waals surface area contributed by atoms with Crippen molar-refractivity contribution in [2.75, 3.05) is 6.54 Å². The van der Waals surface area contributed by atoms with Crippen molar-refractivity contribution in [3.63, 3.8) is 0 Å². The van der Waals surface area contributed by atoms with Gasteiger partial charge >= 0.3 is 5.51 Å². The van der Waals surface area contributed by atoms with Gasteiger partial charge in [0.25, 0.3) is 5.91 Å². The van der Waals surface area contributed by atoms with Crippen molar-refractivity contribution in [1.29, 1.82) is 4.78 Å². The van der Waals surface area contributed by atoms with Gasteiger partial charge in [0, 0.05) is 23.2 Å². The van der Waals surface area contributed by atoms with Crippen LogP contribution in [0.25, 0.3) is 11.1 Å². The van der Waals surface area contributed by atoms with Crippen LogP contribution < -0.4 is 4.72 Å². The first kappa shape index (κ1) is 25.9. The normalized spacial score (nSPS) is 23.5. The number of alkyl halides is 3. The molecule has 4 rings (SSSR count). The van der Waals surface area contributed by atoms with Crippen molar-refractivity contribution in [1.82, 2.24) is 9.62 Å². The number of nitrogens with zero attached hydrogens (tertiary/aromatic N) is 1. The number of aliphatic hydroxyl groups is 1. The summed E-state index contributed by atoms with van der Waals surface area (Å²) >= 11 is 6.02. The third kappa shape index (κ3) is 5.04. The van der Waals surface area contributed by atoms with Gasteiger partial charge in [-0.3, -0.25) is 4.79 Å². The number of amides is 1. The van der Waals surface area contributed by atoms with Crippen LogP contribution in [0.15, 0.2) is 42.5 Å². The van der Waals surface area contributed by atoms with Crippen molar-refractivity contribution in [3.05, 3.63) is 58.9 Å². The Morgan fingerprint density at radius 1 is 1.26 bits per heavy atom. The fourth-order valence-electron chi connectivity index (χ4n) is 4.61. The predicted molar refractivity (Wildman–Crippen MR) is 123 cm³/mol. The van der Waals surface area contributed by atoms with Crippen molar-refractivity contribution < 1.29 is 31.7 Å². The Morgan fingerprint density at radius 2 is 1.94 bits per heavy atom. The van der Waals surface area contributed by atoms with Crippen molar-refractivity contribution >= 4 is 27.4 Å². The van der Waals surface area contributed by atoms with Crippen LogP contribution in [0, 0.1) is 10.6 Å². The zero-order valence-electron chi connectivity index (χ0n) is 18.4. The number of carbonyl (C=O) groups excluding carboxylic acids is 1. The highest BCUT2D eigenvalue weighted by atomic mass is 35.5. The third-order valence-electron chi connectivity index (χ3n) is 6.67. The smallest absolute Gasteiger partial charge is 0.380 e. The molecule has 1 aliphatic heterocycles. The average Bonchev–Trinajstić information content (AvgIpc) is 3.13. The molecule has 0 aromatic heterocycles. The zero-order chi connectivity index (χ0) is 25.6. The van der Waals surface area contributed by atoms with Gasteiger partial charge in [-0.25, -0.2) is 18.1 Å². The molecule has 1 saturated heterocycles. The summed E-state index contributed by atoms with van der Waals surface area (Å²) in [6.45, 7) is -0.0214. The molecule has 1 unspecified atom stereocenters. The maximum absolute atomic E-state index is 15.5. The molecular weight excluding hydrogens is 510 g/mol. The van der Waals surface area contributed by atoms with E-state index in [0.29, 0.717) is 17.0 Å². The summed E-state index contributed by atoms with van der Waals surface area (Å²) in [4.78, 5) is 14.3. The van der Waals surface area contributed by atoms with Gasteiger partial charge in [0.1, 0.15) is 11.4 Å². The number of benzene rings is 2. The summed E-state index contributed by atoms with van der Waals surface area (Å²) in [6.07, 6.45) is 0.849. The topological polar surface area (TPSA) is 93.5 Å². The van der Waals surface area contributed by atoms with E-state index in [0.717, 1.165) is 0 Å². The summed E-state index contributed by atoms with van der Waals surface area (Å²) in [5.74, 6) is -1.27. The number of nitrogens with one attached hydrogen (secondary N) is 2. The van der Waals surface area contributed by atoms with Crippen LogP contribution in [0.4, 0.5) is 17.6 Å². The molecule has 2 aromatic rings. The summed E-state index contributed by atoms with van der Waals surface area (Å²) in [5, 5.41) is 11.0. The van der Waals surface area contributed by atoms with Crippen LogP contribution in [-0.2, 0) is 21.1 Å². The van der Waals surface area contributed by atoms with Crippen molar-refractivity contribution in [2.45, 2.75) is 55.3 Å². The number of likely N-dealkylation sites (tertiary alicyclic amines) is 1. The SMILES string of the molecule is N=S(=O)(N[C@H]1CCN(C(=O)C2(O)CCC2)[C@H]1Cc1cccc(-c2cccc(Cl)c2)c1F)C(F)(F)F. The van der Waals surface area contributed by atoms with E-state index in [9.17, 15) is 27.3 Å². The van der Waals surface area contributed by atoms with E-state index in [1.165, 1.54) is 17.0 Å². The highest BCUT2D eigenvalue weighted by Gasteiger charge is 2.51. The molecule has 1 aliphatic carbocycles. The second-order valence-electron chi connectivity index (χ2n) is 8.96. The van der Waals surface area contributed by atoms with Crippen molar-refractivity contribution in [2.24, 2.45) is 0 Å². The van der Waals surface area contributed by atoms with Gasteiger partial charge < -0.3 is 10.0 Å². The molecular formula is C23H24ClF4N3O3S. The lowest BCUT2D eigenvalue weighted by Crippen LogP contribution is -2.57. The minimum Gasteiger partial charge on any atom is -0.380 e. The predicted octanol–water partition coefficient (Wildman–Crippen LogP) is 4.64. The Balaban J connectivity index is 1.68. The Labute approximate surface area is 205 Å². The maximum atomic E-state index is 15.5. The molecule has 1 saturated carbocycles. The third-order valence-corrected chi connectivity index (χ3v) is 8.19. The second-order valence-corrected chi connectivity index (χ2v) is 11.2. The molecule has 190 valence electrons. The van der Waals surface area contributed by atoms with E-state index in [2.05, 4.69) is 0 Å². The van der Waals surface area contributed by atoms with Crippen LogP contribution in [0.3, 0.4) is 0 Å². The van der Waals surface area contributed by atoms with E-state index in [-0.39, 0.29) is 43.4 Å². The van der Waals surface area contributed by atoms with Crippen LogP contribution >= 0.6 is 11.6 Å². The first-order valence-electron chi connectivity index (χ1n) is 11.0. The molecule has 35 heavy (non-hydrogen) atoms. The number of hydrogen-bond acceptors (Lipinski definition) is 4. The van der Waals surface area contributed by atoms with Gasteiger partial charge in [0.05, 0.1) is 6.04 Å². The molecule has 12 heteroatoms. The molecule has 3 atom stereocenters. The monoisotopic (exact) mass is 533 g/mol. The van der Waals surface area contributed by atoms with Gasteiger partial charge in [-0.05, 0) is 55.4 Å². The van der Waals surface area contributed by atoms with E-state index in [4.69, 9.17) is 16.4 Å². The first-order chi connectivity index (χ1) is 16.3. The lowest BCUT2D eigenvalue weighted by atomic mass is 9.79. The first-order valence-corrected chi connectivity index (χ1v) is 13.0. The molecule has 2 aliphatic rings. The van der Waals surface area contributed by atoms with Crippen LogP contribution in [-0.4, -0.2) is 49.9 Å². The molecule has 2 aromatic carbocycles. The van der Waals surface area contributed by atoms with Crippen LogP contribution in [0.2, 0.25) is 5.02 Å². The van der Waals surface area contributed by atoms with Gasteiger partial charge in [-0.2, -0.15) is 13.2 Å². The number of rotatable bonds is 6. The minimum absolute atomic E-state index is 0.0214. The van der Waals surface area contributed by atoms with Gasteiger partial charge in [-0.15, -0.1) is 0 Å². The molecule has 0 spiro atoms. The Morgan fingerprint density at radius 3 is 2.54 bits per heavy atom. The van der Waals surface area contributed by atoms with E-state index >= 15 is 4.39 Å². The quantitative estimate of drug-likeness (QED) is 0.472. The highest BCUT2D eigenvalue weighted by molar-refractivity contribution is 7.91. The van der Waals surface area contributed by atoms with E-state index in [1.807, 2.05) is 4.72 Å². The summed E-state index contributed by atoms with van der Waals surface area (Å²) < 4.78 is 76.3. The van der Waals surface area contributed by atoms with Crippen LogP contribution in [0.1, 0.15) is 31.2 Å². The Bertz CT molecular complexity index is 1230. The molecule has 2 fully saturated rings. The maximum Gasteiger partial charge on any atom is 0.492 e. The van der Waals surface area contributed by atoms with Crippen LogP contribution in [0.5, 0.6) is 0 Å². The lowest BCUT2D eigenvalue weighted by Gasteiger charge is -2.40. The molecule has 3 N–H and O–H groups in total. The van der Waals surface area contributed by atoms with Gasteiger partial charge in [0.15, 0.2) is 0 Å². The molecule has 0 bridgehead atoms. The van der Waals surface area contributed by atoms with E-state index < -0.39 is 44.8 Å². The zero-order valence-corrected chi connectivity index (χ0v) is 20.0. The molecule has 0 radical (unpaired) electrons. The fraction of sp³-hybridized carbons (Fsp3) is 0.435. The number of halogens is 5. The van der Waals surface area contributed by atoms with Crippen molar-refractivity contribution in [3.8, 4) is 11.1 Å². The standard InChI is InChI=1S/C23H24ClF4N3O3S/c24-16-6-1-4-14(12-16)17-7-2-5-15(20(17)25)13-19-18(30-35(29,34)23(26,27)28)8-11-31(19)21(32)22(33)9-3-10-22/h1-2,4-7,12,18-19,33H,3,8-11,13H2,(H2,29,30,34)/t18-,19-,35?/m0/s1. The van der Waals surface area contributed by atoms with Gasteiger partial charge in [0.2, 0.25) is 9.92 Å². The Hall–Kier alpha value is -2.21. The number of hydrogen-bond donors (Lipinski definition) is 3. The summed E-state index contributed by atoms with van der Waals surface area (Å²) in [5.41, 5.74) is -6.08. The fourth-order valence-corrected chi connectivity index (χ4v) is 5.64. The average molecular weight is 534 g/mol. The molecule has 1 amide bonds. The van der Waals surface area contributed by atoms with E-state index in [1.54, 1.807) is 30.3 Å². The second kappa shape index (κ2) is 9.34. The largest absolute Gasteiger partial charge is 0.492 e.